The maximum Gasteiger partial charge on any atom is 0.184 e. The van der Waals surface area contributed by atoms with Gasteiger partial charge in [0.25, 0.3) is 0 Å². The zero-order chi connectivity index (χ0) is 13.9. The molecular weight excluding hydrogens is 252 g/mol. The first kappa shape index (κ1) is 12.6. The number of aryl methyl sites for hydroxylation is 1. The highest BCUT2D eigenvalue weighted by Crippen LogP contribution is 2.22. The van der Waals surface area contributed by atoms with E-state index in [0.717, 1.165) is 17.7 Å². The van der Waals surface area contributed by atoms with Crippen LogP contribution in [0, 0.1) is 6.92 Å². The van der Waals surface area contributed by atoms with E-state index >= 15 is 0 Å². The van der Waals surface area contributed by atoms with Crippen molar-refractivity contribution in [3.63, 3.8) is 0 Å². The van der Waals surface area contributed by atoms with E-state index < -0.39 is 0 Å². The van der Waals surface area contributed by atoms with Gasteiger partial charge in [0.05, 0.1) is 17.9 Å². The Morgan fingerprint density at radius 2 is 2.05 bits per heavy atom. The molecule has 2 aromatic heterocycles. The largest absolute Gasteiger partial charge is 0.469 e. The molecule has 5 nitrogen and oxygen atoms in total. The Hall–Kier alpha value is -2.40. The lowest BCUT2D eigenvalue weighted by molar-refractivity contribution is 0.535. The van der Waals surface area contributed by atoms with Crippen molar-refractivity contribution in [2.75, 3.05) is 0 Å². The third kappa shape index (κ3) is 2.48. The molecule has 0 saturated heterocycles. The molecule has 0 spiro atoms. The molecule has 0 amide bonds. The number of rotatable bonds is 4. The highest BCUT2D eigenvalue weighted by atomic mass is 16.3. The Morgan fingerprint density at radius 1 is 1.25 bits per heavy atom. The van der Waals surface area contributed by atoms with Gasteiger partial charge in [0.1, 0.15) is 11.6 Å². The smallest absolute Gasteiger partial charge is 0.184 e. The molecule has 0 aliphatic carbocycles. The summed E-state index contributed by atoms with van der Waals surface area (Å²) in [5.41, 5.74) is 8.24. The van der Waals surface area contributed by atoms with Gasteiger partial charge in [0, 0.05) is 0 Å². The molecule has 0 aliphatic heterocycles. The second-order valence-electron chi connectivity index (χ2n) is 4.73. The van der Waals surface area contributed by atoms with Crippen molar-refractivity contribution >= 4 is 0 Å². The number of nitrogens with one attached hydrogen (secondary N) is 1. The molecule has 102 valence electrons. The lowest BCUT2D eigenvalue weighted by Gasteiger charge is -2.07. The lowest BCUT2D eigenvalue weighted by atomic mass is 10.1. The summed E-state index contributed by atoms with van der Waals surface area (Å²) in [6, 6.07) is 11.7. The van der Waals surface area contributed by atoms with Gasteiger partial charge < -0.3 is 10.2 Å². The van der Waals surface area contributed by atoms with Crippen LogP contribution in [0.3, 0.4) is 0 Å². The molecule has 0 fully saturated rings. The maximum absolute atomic E-state index is 6.17. The fraction of sp³-hybridized carbons (Fsp3) is 0.200. The maximum atomic E-state index is 6.17. The van der Waals surface area contributed by atoms with Crippen molar-refractivity contribution in [3.05, 3.63) is 59.8 Å². The monoisotopic (exact) mass is 268 g/mol. The number of nitrogens with two attached hydrogens (primary N) is 1. The van der Waals surface area contributed by atoms with Crippen LogP contribution in [0.4, 0.5) is 0 Å². The zero-order valence-electron chi connectivity index (χ0n) is 11.2. The molecule has 3 aromatic rings. The fourth-order valence-electron chi connectivity index (χ4n) is 2.14. The van der Waals surface area contributed by atoms with Crippen LogP contribution in [0.5, 0.6) is 0 Å². The van der Waals surface area contributed by atoms with Gasteiger partial charge in [-0.1, -0.05) is 30.3 Å². The summed E-state index contributed by atoms with van der Waals surface area (Å²) in [6.45, 7) is 1.88. The normalized spacial score (nSPS) is 12.5. The highest BCUT2D eigenvalue weighted by Gasteiger charge is 2.15. The van der Waals surface area contributed by atoms with Crippen LogP contribution < -0.4 is 5.73 Å². The predicted molar refractivity (Wildman–Crippen MR) is 75.9 cm³/mol. The topological polar surface area (TPSA) is 80.7 Å². The highest BCUT2D eigenvalue weighted by molar-refractivity contribution is 5.56. The molecule has 0 saturated carbocycles. The molecule has 2 heterocycles. The summed E-state index contributed by atoms with van der Waals surface area (Å²) in [6.07, 6.45) is 2.35. The molecule has 1 atom stereocenters. The molecule has 1 aromatic carbocycles. The number of furan rings is 1. The standard InChI is InChI=1S/C15H16N4O/c1-10-12(7-8-20-10)14-17-15(19-18-14)13(16)9-11-5-3-2-4-6-11/h2-8,13H,9,16H2,1H3,(H,17,18,19)/t13-/m0/s1. The third-order valence-electron chi connectivity index (χ3n) is 3.25. The molecule has 0 aliphatic rings. The summed E-state index contributed by atoms with van der Waals surface area (Å²) in [7, 11) is 0. The number of hydrogen-bond donors (Lipinski definition) is 2. The fourth-order valence-corrected chi connectivity index (χ4v) is 2.14. The van der Waals surface area contributed by atoms with E-state index in [-0.39, 0.29) is 6.04 Å². The number of hydrogen-bond acceptors (Lipinski definition) is 4. The van der Waals surface area contributed by atoms with Gasteiger partial charge in [-0.25, -0.2) is 4.98 Å². The van der Waals surface area contributed by atoms with Crippen LogP contribution in [-0.4, -0.2) is 15.2 Å². The minimum Gasteiger partial charge on any atom is -0.469 e. The molecule has 0 radical (unpaired) electrons. The second-order valence-corrected chi connectivity index (χ2v) is 4.73. The van der Waals surface area contributed by atoms with Crippen LogP contribution in [0.2, 0.25) is 0 Å². The first-order chi connectivity index (χ1) is 9.74. The van der Waals surface area contributed by atoms with Gasteiger partial charge in [0.2, 0.25) is 0 Å². The summed E-state index contributed by atoms with van der Waals surface area (Å²) >= 11 is 0. The van der Waals surface area contributed by atoms with E-state index in [1.165, 1.54) is 5.56 Å². The van der Waals surface area contributed by atoms with Crippen LogP contribution in [0.15, 0.2) is 47.1 Å². The van der Waals surface area contributed by atoms with Crippen molar-refractivity contribution < 1.29 is 4.42 Å². The number of nitrogens with zero attached hydrogens (tertiary/aromatic N) is 2. The Kier molecular flexibility index (Phi) is 3.35. The van der Waals surface area contributed by atoms with E-state index in [0.29, 0.717) is 11.6 Å². The first-order valence-electron chi connectivity index (χ1n) is 6.50. The summed E-state index contributed by atoms with van der Waals surface area (Å²) in [4.78, 5) is 4.46. The summed E-state index contributed by atoms with van der Waals surface area (Å²) in [5.74, 6) is 2.10. The van der Waals surface area contributed by atoms with Gasteiger partial charge in [-0.05, 0) is 25.0 Å². The average Bonchev–Trinajstić information content (AvgIpc) is 3.08. The first-order valence-corrected chi connectivity index (χ1v) is 6.50. The van der Waals surface area contributed by atoms with Crippen molar-refractivity contribution in [3.8, 4) is 11.4 Å². The SMILES string of the molecule is Cc1occc1-c1n[nH]c([C@@H](N)Cc2ccccc2)n1. The minimum absolute atomic E-state index is 0.203. The van der Waals surface area contributed by atoms with Crippen molar-refractivity contribution in [1.29, 1.82) is 0 Å². The van der Waals surface area contributed by atoms with Crippen LogP contribution in [0.1, 0.15) is 23.2 Å². The number of H-pyrrole nitrogens is 1. The van der Waals surface area contributed by atoms with Crippen LogP contribution >= 0.6 is 0 Å². The van der Waals surface area contributed by atoms with Crippen LogP contribution in [0.25, 0.3) is 11.4 Å². The van der Waals surface area contributed by atoms with Crippen molar-refractivity contribution in [2.45, 2.75) is 19.4 Å². The predicted octanol–water partition coefficient (Wildman–Crippen LogP) is 2.62. The Bertz CT molecular complexity index is 687. The number of aromatic amines is 1. The van der Waals surface area contributed by atoms with Crippen LogP contribution in [-0.2, 0) is 6.42 Å². The van der Waals surface area contributed by atoms with Crippen molar-refractivity contribution in [2.24, 2.45) is 5.73 Å². The summed E-state index contributed by atoms with van der Waals surface area (Å²) < 4.78 is 5.26. The quantitative estimate of drug-likeness (QED) is 0.762. The molecule has 0 unspecified atom stereocenters. The van der Waals surface area contributed by atoms with Gasteiger partial charge >= 0.3 is 0 Å². The Labute approximate surface area is 116 Å². The van der Waals surface area contributed by atoms with E-state index in [4.69, 9.17) is 10.2 Å². The summed E-state index contributed by atoms with van der Waals surface area (Å²) in [5, 5.41) is 7.12. The molecule has 3 rings (SSSR count). The third-order valence-corrected chi connectivity index (χ3v) is 3.25. The molecule has 20 heavy (non-hydrogen) atoms. The Balaban J connectivity index is 1.78. The molecule has 3 N–H and O–H groups in total. The average molecular weight is 268 g/mol. The second kappa shape index (κ2) is 5.30. The van der Waals surface area contributed by atoms with E-state index in [1.807, 2.05) is 31.2 Å². The zero-order valence-corrected chi connectivity index (χ0v) is 11.2. The van der Waals surface area contributed by atoms with Gasteiger partial charge in [-0.3, -0.25) is 5.10 Å². The molecule has 0 bridgehead atoms. The number of aromatic nitrogens is 3. The van der Waals surface area contributed by atoms with Gasteiger partial charge in [-0.2, -0.15) is 5.10 Å². The van der Waals surface area contributed by atoms with E-state index in [9.17, 15) is 0 Å². The van der Waals surface area contributed by atoms with E-state index in [2.05, 4.69) is 27.3 Å². The van der Waals surface area contributed by atoms with Gasteiger partial charge in [0.15, 0.2) is 5.82 Å². The van der Waals surface area contributed by atoms with Gasteiger partial charge in [-0.15, -0.1) is 0 Å². The minimum atomic E-state index is -0.203. The number of benzene rings is 1. The molecular formula is C15H16N4O. The van der Waals surface area contributed by atoms with E-state index in [1.54, 1.807) is 6.26 Å². The Morgan fingerprint density at radius 3 is 2.75 bits per heavy atom. The van der Waals surface area contributed by atoms with Crippen molar-refractivity contribution in [1.82, 2.24) is 15.2 Å². The molecule has 5 heteroatoms. The lowest BCUT2D eigenvalue weighted by Crippen LogP contribution is -2.15.